The molecule has 1 heterocycles. The number of aliphatic hydroxyl groups is 2. The highest BCUT2D eigenvalue weighted by Gasteiger charge is 2.13. The van der Waals surface area contributed by atoms with Gasteiger partial charge in [0.25, 0.3) is 0 Å². The number of hydrogen-bond donors (Lipinski definition) is 6. The van der Waals surface area contributed by atoms with Crippen LogP contribution in [0.3, 0.4) is 0 Å². The first-order valence-electron chi connectivity index (χ1n) is 7.62. The van der Waals surface area contributed by atoms with Crippen molar-refractivity contribution < 1.29 is 19.8 Å². The van der Waals surface area contributed by atoms with Gasteiger partial charge in [0.1, 0.15) is 6.10 Å². The van der Waals surface area contributed by atoms with E-state index in [4.69, 9.17) is 5.11 Å². The van der Waals surface area contributed by atoms with Crippen LogP contribution in [0.2, 0.25) is 0 Å². The number of urea groups is 1. The van der Waals surface area contributed by atoms with Gasteiger partial charge in [0.05, 0.1) is 6.54 Å². The molecule has 0 saturated heterocycles. The average Bonchev–Trinajstić information content (AvgIpc) is 2.50. The first kappa shape index (κ1) is 18.9. The van der Waals surface area contributed by atoms with Gasteiger partial charge >= 0.3 is 6.03 Å². The molecule has 9 heteroatoms. The number of amides is 3. The van der Waals surface area contributed by atoms with E-state index in [9.17, 15) is 14.7 Å². The van der Waals surface area contributed by atoms with Crippen LogP contribution < -0.4 is 21.3 Å². The van der Waals surface area contributed by atoms with Crippen LogP contribution in [0.1, 0.15) is 26.2 Å². The van der Waals surface area contributed by atoms with Crippen molar-refractivity contribution in [3.8, 4) is 0 Å². The zero-order valence-corrected chi connectivity index (χ0v) is 13.3. The first-order chi connectivity index (χ1) is 11.0. The summed E-state index contributed by atoms with van der Waals surface area (Å²) in [6.07, 6.45) is 2.11. The molecule has 6 N–H and O–H groups in total. The minimum atomic E-state index is -1.18. The second-order valence-corrected chi connectivity index (χ2v) is 5.11. The summed E-state index contributed by atoms with van der Waals surface area (Å²) in [5.74, 6) is -0.0674. The van der Waals surface area contributed by atoms with Crippen LogP contribution in [0, 0.1) is 0 Å². The van der Waals surface area contributed by atoms with Crippen molar-refractivity contribution in [2.75, 3.05) is 26.2 Å². The van der Waals surface area contributed by atoms with Crippen molar-refractivity contribution in [3.63, 3.8) is 0 Å². The fraction of sp³-hybridized carbons (Fsp3) is 0.643. The van der Waals surface area contributed by atoms with Crippen LogP contribution in [-0.4, -0.2) is 60.5 Å². The molecule has 1 rings (SSSR count). The third-order valence-electron chi connectivity index (χ3n) is 3.09. The third-order valence-corrected chi connectivity index (χ3v) is 3.09. The highest BCUT2D eigenvalue weighted by molar-refractivity contribution is 5.97. The van der Waals surface area contributed by atoms with Crippen LogP contribution >= 0.6 is 0 Å². The number of nitrogens with one attached hydrogen (secondary N) is 4. The lowest BCUT2D eigenvalue weighted by atomic mass is 10.2. The lowest BCUT2D eigenvalue weighted by Crippen LogP contribution is -2.46. The summed E-state index contributed by atoms with van der Waals surface area (Å²) in [7, 11) is 0. The quantitative estimate of drug-likeness (QED) is 0.311. The number of unbranched alkanes of at least 4 members (excludes halogenated alkanes) is 1. The van der Waals surface area contributed by atoms with E-state index in [1.165, 1.54) is 0 Å². The van der Waals surface area contributed by atoms with Crippen molar-refractivity contribution >= 4 is 17.9 Å². The lowest BCUT2D eigenvalue weighted by molar-refractivity contribution is -0.130. The second kappa shape index (κ2) is 10.6. The maximum absolute atomic E-state index is 11.6. The Balaban J connectivity index is 2.03. The molecule has 0 fully saturated rings. The summed E-state index contributed by atoms with van der Waals surface area (Å²) in [6, 6.07) is -0.339. The molecule has 0 aromatic heterocycles. The van der Waals surface area contributed by atoms with E-state index >= 15 is 0 Å². The van der Waals surface area contributed by atoms with Gasteiger partial charge in [0.15, 0.2) is 0 Å². The highest BCUT2D eigenvalue weighted by Crippen LogP contribution is 1.93. The van der Waals surface area contributed by atoms with Crippen LogP contribution in [0.4, 0.5) is 4.79 Å². The normalized spacial score (nSPS) is 14.9. The van der Waals surface area contributed by atoms with E-state index in [0.29, 0.717) is 38.4 Å². The smallest absolute Gasteiger partial charge is 0.321 e. The summed E-state index contributed by atoms with van der Waals surface area (Å²) in [5.41, 5.74) is 0.939. The molecule has 0 spiro atoms. The van der Waals surface area contributed by atoms with E-state index in [1.807, 2.05) is 13.0 Å². The molecule has 0 aromatic rings. The maximum Gasteiger partial charge on any atom is 0.321 e. The maximum atomic E-state index is 11.6. The number of guanidine groups is 1. The van der Waals surface area contributed by atoms with E-state index in [2.05, 4.69) is 26.3 Å². The summed E-state index contributed by atoms with van der Waals surface area (Å²) in [5, 5.41) is 28.7. The Morgan fingerprint density at radius 1 is 1.35 bits per heavy atom. The third kappa shape index (κ3) is 8.17. The first-order valence-corrected chi connectivity index (χ1v) is 7.62. The molecule has 0 aliphatic carbocycles. The molecule has 0 radical (unpaired) electrons. The van der Waals surface area contributed by atoms with Crippen LogP contribution in [0.5, 0.6) is 0 Å². The van der Waals surface area contributed by atoms with Gasteiger partial charge in [-0.1, -0.05) is 0 Å². The standard InChI is InChI=1S/C14H25N5O4/c1-10-4-8-16-13(18-10)19-14(23)17-7-3-2-6-15-12(22)11(21)5-9-20/h4,11,20-21H,2-3,5-9H2,1H3,(H,15,22)(H3,16,17,18,19,23). The molecule has 0 saturated carbocycles. The number of rotatable bonds is 8. The molecule has 23 heavy (non-hydrogen) atoms. The van der Waals surface area contributed by atoms with E-state index < -0.39 is 12.0 Å². The number of carbonyl (C=O) groups is 2. The fourth-order valence-electron chi connectivity index (χ4n) is 1.81. The van der Waals surface area contributed by atoms with Gasteiger partial charge in [0, 0.05) is 31.8 Å². The van der Waals surface area contributed by atoms with Crippen molar-refractivity contribution in [2.45, 2.75) is 32.3 Å². The van der Waals surface area contributed by atoms with Gasteiger partial charge in [-0.25, -0.2) is 9.79 Å². The monoisotopic (exact) mass is 327 g/mol. The van der Waals surface area contributed by atoms with Crippen molar-refractivity contribution in [1.29, 1.82) is 0 Å². The van der Waals surface area contributed by atoms with Crippen LogP contribution in [0.15, 0.2) is 16.8 Å². The summed E-state index contributed by atoms with van der Waals surface area (Å²) in [6.45, 7) is 3.06. The Kier molecular flexibility index (Phi) is 8.70. The highest BCUT2D eigenvalue weighted by atomic mass is 16.3. The Bertz CT molecular complexity index is 464. The number of aliphatic imine (C=N–C) groups is 1. The number of hydrogen-bond acceptors (Lipinski definition) is 6. The molecule has 0 aromatic carbocycles. The van der Waals surface area contributed by atoms with Gasteiger partial charge in [-0.15, -0.1) is 0 Å². The molecule has 3 amide bonds. The zero-order valence-electron chi connectivity index (χ0n) is 13.3. The lowest BCUT2D eigenvalue weighted by Gasteiger charge is -2.15. The van der Waals surface area contributed by atoms with Crippen molar-refractivity contribution in [1.82, 2.24) is 21.3 Å². The Morgan fingerprint density at radius 3 is 2.70 bits per heavy atom. The summed E-state index contributed by atoms with van der Waals surface area (Å²) < 4.78 is 0. The minimum Gasteiger partial charge on any atom is -0.396 e. The van der Waals surface area contributed by atoms with E-state index in [-0.39, 0.29) is 19.1 Å². The van der Waals surface area contributed by atoms with Crippen molar-refractivity contribution in [3.05, 3.63) is 11.8 Å². The second-order valence-electron chi connectivity index (χ2n) is 5.11. The topological polar surface area (TPSA) is 135 Å². The molecule has 1 unspecified atom stereocenters. The van der Waals surface area contributed by atoms with Crippen molar-refractivity contribution in [2.24, 2.45) is 4.99 Å². The van der Waals surface area contributed by atoms with E-state index in [1.54, 1.807) is 0 Å². The van der Waals surface area contributed by atoms with E-state index in [0.717, 1.165) is 5.70 Å². The van der Waals surface area contributed by atoms with Crippen LogP contribution in [0.25, 0.3) is 0 Å². The predicted molar refractivity (Wildman–Crippen MR) is 85.7 cm³/mol. The SMILES string of the molecule is CC1=CCN=C(NC(=O)NCCCCNC(=O)C(O)CCO)N1. The van der Waals surface area contributed by atoms with Gasteiger partial charge < -0.3 is 26.2 Å². The Labute approximate surface area is 135 Å². The summed E-state index contributed by atoms with van der Waals surface area (Å²) >= 11 is 0. The van der Waals surface area contributed by atoms with Gasteiger partial charge in [-0.3, -0.25) is 10.1 Å². The Morgan fingerprint density at radius 2 is 2.04 bits per heavy atom. The largest absolute Gasteiger partial charge is 0.396 e. The minimum absolute atomic E-state index is 0.0279. The fourth-order valence-corrected chi connectivity index (χ4v) is 1.81. The number of nitrogens with zero attached hydrogens (tertiary/aromatic N) is 1. The molecular formula is C14H25N5O4. The molecule has 1 aliphatic heterocycles. The number of allylic oxidation sites excluding steroid dienone is 1. The number of aliphatic hydroxyl groups excluding tert-OH is 2. The molecule has 9 nitrogen and oxygen atoms in total. The van der Waals surface area contributed by atoms with Gasteiger partial charge in [-0.2, -0.15) is 0 Å². The van der Waals surface area contributed by atoms with Crippen LogP contribution in [-0.2, 0) is 4.79 Å². The van der Waals surface area contributed by atoms with Gasteiger partial charge in [0.2, 0.25) is 11.9 Å². The predicted octanol–water partition coefficient (Wildman–Crippen LogP) is -1.21. The molecule has 130 valence electrons. The molecule has 1 atom stereocenters. The molecule has 0 bridgehead atoms. The zero-order chi connectivity index (χ0) is 17.1. The Hall–Kier alpha value is -2.13. The summed E-state index contributed by atoms with van der Waals surface area (Å²) in [4.78, 5) is 27.1. The molecule has 1 aliphatic rings. The average molecular weight is 327 g/mol. The molecular weight excluding hydrogens is 302 g/mol. The van der Waals surface area contributed by atoms with Gasteiger partial charge in [-0.05, 0) is 25.8 Å². The number of carbonyl (C=O) groups excluding carboxylic acids is 2.